The summed E-state index contributed by atoms with van der Waals surface area (Å²) in [7, 11) is -4.38. The number of nitrogens with one attached hydrogen (secondary N) is 2. The number of hydrogen-bond donors (Lipinski definition) is 3. The molecular formula is C21H16ClF4N3O4S. The zero-order valence-electron chi connectivity index (χ0n) is 17.0. The van der Waals surface area contributed by atoms with Gasteiger partial charge < -0.3 is 15.8 Å². The Bertz CT molecular complexity index is 1310. The summed E-state index contributed by atoms with van der Waals surface area (Å²) in [5, 5.41) is 2.28. The van der Waals surface area contributed by atoms with Crippen molar-refractivity contribution in [2.45, 2.75) is 17.8 Å². The third-order valence-corrected chi connectivity index (χ3v) is 6.05. The summed E-state index contributed by atoms with van der Waals surface area (Å²) in [5.74, 6) is -2.46. The van der Waals surface area contributed by atoms with Gasteiger partial charge in [0.1, 0.15) is 11.6 Å². The minimum Gasteiger partial charge on any atom is -0.406 e. The number of carbonyl (C=O) groups excluding carboxylic acids is 1. The van der Waals surface area contributed by atoms with Crippen LogP contribution in [0.1, 0.15) is 15.9 Å². The molecule has 0 aliphatic rings. The molecule has 0 aliphatic carbocycles. The molecule has 13 heteroatoms. The van der Waals surface area contributed by atoms with Crippen molar-refractivity contribution in [3.05, 3.63) is 82.6 Å². The average molecular weight is 518 g/mol. The van der Waals surface area contributed by atoms with Gasteiger partial charge in [0.15, 0.2) is 0 Å². The van der Waals surface area contributed by atoms with Crippen molar-refractivity contribution < 1.29 is 35.5 Å². The standard InChI is InChI=1S/C21H16ClF4N3O4S/c22-16-5-2-6-17(23)19(16)20(30)28-13-8-7-12(11-27)18(9-13)29-34(31,32)15-4-1-3-14(10-15)33-21(24,25)26/h1-10,29H,11,27H2,(H,28,30). The largest absolute Gasteiger partial charge is 0.573 e. The highest BCUT2D eigenvalue weighted by Gasteiger charge is 2.31. The van der Waals surface area contributed by atoms with E-state index < -0.39 is 44.3 Å². The fourth-order valence-electron chi connectivity index (χ4n) is 2.88. The molecule has 0 spiro atoms. The maximum Gasteiger partial charge on any atom is 0.573 e. The second-order valence-corrected chi connectivity index (χ2v) is 8.84. The molecule has 0 aliphatic heterocycles. The maximum atomic E-state index is 14.0. The first kappa shape index (κ1) is 25.3. The van der Waals surface area contributed by atoms with E-state index in [1.807, 2.05) is 0 Å². The molecule has 180 valence electrons. The van der Waals surface area contributed by atoms with Crippen LogP contribution in [0.15, 0.2) is 65.6 Å². The number of hydrogen-bond acceptors (Lipinski definition) is 5. The Morgan fingerprint density at radius 2 is 1.76 bits per heavy atom. The Kier molecular flexibility index (Phi) is 7.34. The van der Waals surface area contributed by atoms with Gasteiger partial charge in [0.2, 0.25) is 0 Å². The molecular weight excluding hydrogens is 502 g/mol. The molecule has 0 aromatic heterocycles. The van der Waals surface area contributed by atoms with Crippen molar-refractivity contribution in [2.75, 3.05) is 10.0 Å². The van der Waals surface area contributed by atoms with Crippen LogP contribution in [-0.2, 0) is 16.6 Å². The van der Waals surface area contributed by atoms with Crippen LogP contribution in [0.25, 0.3) is 0 Å². The van der Waals surface area contributed by atoms with Crippen LogP contribution < -0.4 is 20.5 Å². The number of sulfonamides is 1. The highest BCUT2D eigenvalue weighted by atomic mass is 35.5. The van der Waals surface area contributed by atoms with Gasteiger partial charge in [0.25, 0.3) is 15.9 Å². The van der Waals surface area contributed by atoms with Crippen LogP contribution in [0.3, 0.4) is 0 Å². The number of rotatable bonds is 7. The number of nitrogens with two attached hydrogens (primary N) is 1. The quantitative estimate of drug-likeness (QED) is 0.386. The number of ether oxygens (including phenoxy) is 1. The van der Waals surface area contributed by atoms with E-state index >= 15 is 0 Å². The van der Waals surface area contributed by atoms with E-state index in [1.165, 1.54) is 30.3 Å². The van der Waals surface area contributed by atoms with Gasteiger partial charge >= 0.3 is 6.36 Å². The van der Waals surface area contributed by atoms with Gasteiger partial charge in [0, 0.05) is 18.3 Å². The average Bonchev–Trinajstić information content (AvgIpc) is 2.72. The SMILES string of the molecule is NCc1ccc(NC(=O)c2c(F)cccc2Cl)cc1NS(=O)(=O)c1cccc(OC(F)(F)F)c1. The van der Waals surface area contributed by atoms with E-state index in [4.69, 9.17) is 17.3 Å². The molecule has 0 atom stereocenters. The molecule has 7 nitrogen and oxygen atoms in total. The molecule has 1 amide bonds. The topological polar surface area (TPSA) is 111 Å². The van der Waals surface area contributed by atoms with Crippen molar-refractivity contribution in [2.24, 2.45) is 5.73 Å². The Labute approximate surface area is 196 Å². The molecule has 3 aromatic carbocycles. The lowest BCUT2D eigenvalue weighted by Crippen LogP contribution is -2.19. The zero-order valence-corrected chi connectivity index (χ0v) is 18.6. The van der Waals surface area contributed by atoms with Crippen molar-refractivity contribution in [1.82, 2.24) is 0 Å². The molecule has 0 saturated heterocycles. The van der Waals surface area contributed by atoms with Gasteiger partial charge in [0.05, 0.1) is 21.2 Å². The predicted octanol–water partition coefficient (Wildman–Crippen LogP) is 4.89. The van der Waals surface area contributed by atoms with Gasteiger partial charge in [-0.3, -0.25) is 9.52 Å². The van der Waals surface area contributed by atoms with Crippen molar-refractivity contribution >= 4 is 38.9 Å². The van der Waals surface area contributed by atoms with Crippen LogP contribution in [-0.4, -0.2) is 20.7 Å². The van der Waals surface area contributed by atoms with Gasteiger partial charge in [-0.25, -0.2) is 12.8 Å². The van der Waals surface area contributed by atoms with Gasteiger partial charge in [-0.15, -0.1) is 13.2 Å². The van der Waals surface area contributed by atoms with E-state index in [-0.39, 0.29) is 22.9 Å². The van der Waals surface area contributed by atoms with E-state index in [9.17, 15) is 30.8 Å². The summed E-state index contributed by atoms with van der Waals surface area (Å²) >= 11 is 5.89. The smallest absolute Gasteiger partial charge is 0.406 e. The fourth-order valence-corrected chi connectivity index (χ4v) is 4.25. The number of amides is 1. The van der Waals surface area contributed by atoms with Gasteiger partial charge in [-0.2, -0.15) is 0 Å². The van der Waals surface area contributed by atoms with Crippen molar-refractivity contribution in [3.8, 4) is 5.75 Å². The Morgan fingerprint density at radius 3 is 2.41 bits per heavy atom. The second-order valence-electron chi connectivity index (χ2n) is 6.75. The number of alkyl halides is 3. The normalized spacial score (nSPS) is 11.7. The Hall–Kier alpha value is -3.35. The maximum absolute atomic E-state index is 14.0. The summed E-state index contributed by atoms with van der Waals surface area (Å²) in [6.45, 7) is -0.109. The molecule has 0 bridgehead atoms. The minimum atomic E-state index is -5.00. The highest BCUT2D eigenvalue weighted by molar-refractivity contribution is 7.92. The number of anilines is 2. The molecule has 34 heavy (non-hydrogen) atoms. The van der Waals surface area contributed by atoms with Gasteiger partial charge in [-0.1, -0.05) is 29.8 Å². The first-order chi connectivity index (χ1) is 15.9. The number of halogens is 5. The first-order valence-electron chi connectivity index (χ1n) is 9.36. The highest BCUT2D eigenvalue weighted by Crippen LogP contribution is 2.28. The number of carbonyl (C=O) groups is 1. The molecule has 0 unspecified atom stereocenters. The lowest BCUT2D eigenvalue weighted by molar-refractivity contribution is -0.274. The Morgan fingerprint density at radius 1 is 1.06 bits per heavy atom. The summed E-state index contributed by atoms with van der Waals surface area (Å²) in [4.78, 5) is 12.0. The molecule has 0 fully saturated rings. The third kappa shape index (κ3) is 6.16. The lowest BCUT2D eigenvalue weighted by Gasteiger charge is -2.15. The molecule has 4 N–H and O–H groups in total. The molecule has 0 radical (unpaired) electrons. The van der Waals surface area contributed by atoms with Crippen LogP contribution in [0, 0.1) is 5.82 Å². The zero-order chi connectivity index (χ0) is 25.1. The van der Waals surface area contributed by atoms with E-state index in [1.54, 1.807) is 0 Å². The lowest BCUT2D eigenvalue weighted by atomic mass is 10.1. The summed E-state index contributed by atoms with van der Waals surface area (Å²) in [6, 6.07) is 11.5. The summed E-state index contributed by atoms with van der Waals surface area (Å²) < 4.78 is 83.0. The molecule has 3 rings (SSSR count). The third-order valence-electron chi connectivity index (χ3n) is 4.37. The molecule has 3 aromatic rings. The minimum absolute atomic E-state index is 0.0536. The summed E-state index contributed by atoms with van der Waals surface area (Å²) in [5.41, 5.74) is 5.58. The van der Waals surface area contributed by atoms with Crippen LogP contribution in [0.5, 0.6) is 5.75 Å². The second kappa shape index (κ2) is 9.87. The fraction of sp³-hybridized carbons (Fsp3) is 0.0952. The molecule has 0 saturated carbocycles. The van der Waals surface area contributed by atoms with Crippen molar-refractivity contribution in [1.29, 1.82) is 0 Å². The van der Waals surface area contributed by atoms with E-state index in [2.05, 4.69) is 14.8 Å². The van der Waals surface area contributed by atoms with Crippen LogP contribution >= 0.6 is 11.6 Å². The predicted molar refractivity (Wildman–Crippen MR) is 118 cm³/mol. The summed E-state index contributed by atoms with van der Waals surface area (Å²) in [6.07, 6.45) is -5.00. The van der Waals surface area contributed by atoms with Crippen LogP contribution in [0.4, 0.5) is 28.9 Å². The molecule has 0 heterocycles. The van der Waals surface area contributed by atoms with Crippen molar-refractivity contribution in [3.63, 3.8) is 0 Å². The Balaban J connectivity index is 1.89. The van der Waals surface area contributed by atoms with E-state index in [0.29, 0.717) is 11.6 Å². The van der Waals surface area contributed by atoms with E-state index in [0.717, 1.165) is 24.3 Å². The van der Waals surface area contributed by atoms with Crippen LogP contribution in [0.2, 0.25) is 5.02 Å². The first-order valence-corrected chi connectivity index (χ1v) is 11.2. The van der Waals surface area contributed by atoms with Gasteiger partial charge in [-0.05, 0) is 42.0 Å². The number of benzene rings is 3. The monoisotopic (exact) mass is 517 g/mol.